The fourth-order valence-electron chi connectivity index (χ4n) is 3.37. The summed E-state index contributed by atoms with van der Waals surface area (Å²) in [5.41, 5.74) is 5.05. The quantitative estimate of drug-likeness (QED) is 0.582. The lowest BCUT2D eigenvalue weighted by Gasteiger charge is -2.22. The maximum absolute atomic E-state index is 4.48. The van der Waals surface area contributed by atoms with Gasteiger partial charge in [-0.15, -0.1) is 0 Å². The third-order valence-electron chi connectivity index (χ3n) is 4.61. The Kier molecular flexibility index (Phi) is 4.64. The number of aliphatic imine (C=N–C) groups is 1. The van der Waals surface area contributed by atoms with Crippen LogP contribution in [0.25, 0.3) is 0 Å². The fourth-order valence-corrected chi connectivity index (χ4v) is 3.37. The largest absolute Gasteiger partial charge is 0.352 e. The number of hydrogen-bond acceptors (Lipinski definition) is 3. The number of rotatable bonds is 4. The molecule has 0 saturated heterocycles. The Labute approximate surface area is 153 Å². The second-order valence-corrected chi connectivity index (χ2v) is 6.34. The summed E-state index contributed by atoms with van der Waals surface area (Å²) >= 11 is 0. The van der Waals surface area contributed by atoms with Gasteiger partial charge < -0.3 is 10.2 Å². The van der Waals surface area contributed by atoms with Gasteiger partial charge >= 0.3 is 0 Å². The predicted octanol–water partition coefficient (Wildman–Crippen LogP) is 2.46. The number of para-hydroxylation sites is 1. The van der Waals surface area contributed by atoms with Gasteiger partial charge in [-0.05, 0) is 29.2 Å². The van der Waals surface area contributed by atoms with Crippen molar-refractivity contribution in [3.63, 3.8) is 0 Å². The Bertz CT molecular complexity index is 900. The molecule has 6 heteroatoms. The number of nitrogens with zero attached hydrogens (tertiary/aromatic N) is 5. The van der Waals surface area contributed by atoms with Crippen molar-refractivity contribution >= 4 is 11.6 Å². The van der Waals surface area contributed by atoms with Crippen LogP contribution in [0.5, 0.6) is 0 Å². The maximum atomic E-state index is 4.48. The van der Waals surface area contributed by atoms with E-state index in [1.54, 1.807) is 12.7 Å². The second kappa shape index (κ2) is 7.39. The van der Waals surface area contributed by atoms with E-state index in [9.17, 15) is 0 Å². The molecule has 6 nitrogen and oxygen atoms in total. The summed E-state index contributed by atoms with van der Waals surface area (Å²) in [5, 5.41) is 7.66. The normalized spacial score (nSPS) is 13.7. The van der Waals surface area contributed by atoms with Crippen LogP contribution in [0, 0.1) is 0 Å². The standard InChI is InChI=1S/C20H22N6/c1-21-20(26-10-9-18-7-2-3-8-19(18)26)23-12-16-5-4-6-17(11-16)13-25-15-22-14-24-25/h2-8,11,14-15H,9-10,12-13H2,1H3,(H,21,23). The first-order valence-corrected chi connectivity index (χ1v) is 8.80. The second-order valence-electron chi connectivity index (χ2n) is 6.34. The number of anilines is 1. The van der Waals surface area contributed by atoms with Crippen molar-refractivity contribution in [2.75, 3.05) is 18.5 Å². The van der Waals surface area contributed by atoms with E-state index in [1.165, 1.54) is 22.4 Å². The zero-order valence-corrected chi connectivity index (χ0v) is 14.8. The smallest absolute Gasteiger partial charge is 0.198 e. The summed E-state index contributed by atoms with van der Waals surface area (Å²) in [7, 11) is 1.84. The van der Waals surface area contributed by atoms with Crippen LogP contribution in [0.2, 0.25) is 0 Å². The highest BCUT2D eigenvalue weighted by Gasteiger charge is 2.22. The van der Waals surface area contributed by atoms with E-state index in [0.717, 1.165) is 32.0 Å². The first kappa shape index (κ1) is 16.3. The fraction of sp³-hybridized carbons (Fsp3) is 0.250. The third-order valence-corrected chi connectivity index (χ3v) is 4.61. The minimum atomic E-state index is 0.724. The topological polar surface area (TPSA) is 58.3 Å². The molecule has 0 bridgehead atoms. The van der Waals surface area contributed by atoms with E-state index in [1.807, 2.05) is 11.7 Å². The third kappa shape index (κ3) is 3.44. The lowest BCUT2D eigenvalue weighted by molar-refractivity contribution is 0.683. The molecule has 3 aromatic rings. The SMILES string of the molecule is CN=C(NCc1cccc(Cn2cncn2)c1)N1CCc2ccccc21. The number of aromatic nitrogens is 3. The molecule has 0 atom stereocenters. The summed E-state index contributed by atoms with van der Waals surface area (Å²) in [5.74, 6) is 0.914. The van der Waals surface area contributed by atoms with Gasteiger partial charge in [0.1, 0.15) is 12.7 Å². The molecule has 0 radical (unpaired) electrons. The molecule has 0 amide bonds. The summed E-state index contributed by atoms with van der Waals surface area (Å²) in [6.07, 6.45) is 4.35. The van der Waals surface area contributed by atoms with Gasteiger partial charge in [0.15, 0.2) is 5.96 Å². The molecular formula is C20H22N6. The highest BCUT2D eigenvalue weighted by Crippen LogP contribution is 2.27. The van der Waals surface area contributed by atoms with Crippen molar-refractivity contribution in [3.05, 3.63) is 77.9 Å². The van der Waals surface area contributed by atoms with Gasteiger partial charge in [0.05, 0.1) is 6.54 Å². The van der Waals surface area contributed by atoms with E-state index in [4.69, 9.17) is 0 Å². The lowest BCUT2D eigenvalue weighted by Crippen LogP contribution is -2.40. The predicted molar refractivity (Wildman–Crippen MR) is 103 cm³/mol. The molecule has 1 aromatic heterocycles. The zero-order valence-electron chi connectivity index (χ0n) is 14.8. The van der Waals surface area contributed by atoms with Gasteiger partial charge in [0.25, 0.3) is 0 Å². The van der Waals surface area contributed by atoms with Gasteiger partial charge in [0, 0.05) is 25.8 Å². The van der Waals surface area contributed by atoms with Crippen molar-refractivity contribution in [1.82, 2.24) is 20.1 Å². The summed E-state index contributed by atoms with van der Waals surface area (Å²) in [6.45, 7) is 2.42. The Morgan fingerprint density at radius 3 is 2.88 bits per heavy atom. The minimum absolute atomic E-state index is 0.724. The number of hydrogen-bond donors (Lipinski definition) is 1. The van der Waals surface area contributed by atoms with Crippen LogP contribution in [0.1, 0.15) is 16.7 Å². The summed E-state index contributed by atoms with van der Waals surface area (Å²) in [4.78, 5) is 10.7. The van der Waals surface area contributed by atoms with Crippen LogP contribution in [0.4, 0.5) is 5.69 Å². The van der Waals surface area contributed by atoms with Crippen LogP contribution in [-0.4, -0.2) is 34.3 Å². The summed E-state index contributed by atoms with van der Waals surface area (Å²) < 4.78 is 1.83. The first-order valence-electron chi connectivity index (χ1n) is 8.80. The van der Waals surface area contributed by atoms with Crippen molar-refractivity contribution in [2.24, 2.45) is 4.99 Å². The number of guanidine groups is 1. The molecule has 26 heavy (non-hydrogen) atoms. The Morgan fingerprint density at radius 2 is 2.04 bits per heavy atom. The summed E-state index contributed by atoms with van der Waals surface area (Å²) in [6, 6.07) is 17.0. The van der Waals surface area contributed by atoms with Crippen molar-refractivity contribution in [3.8, 4) is 0 Å². The maximum Gasteiger partial charge on any atom is 0.198 e. The van der Waals surface area contributed by atoms with Gasteiger partial charge in [-0.3, -0.25) is 4.99 Å². The van der Waals surface area contributed by atoms with Gasteiger partial charge in [-0.2, -0.15) is 5.10 Å². The van der Waals surface area contributed by atoms with E-state index in [-0.39, 0.29) is 0 Å². The Balaban J connectivity index is 1.43. The minimum Gasteiger partial charge on any atom is -0.352 e. The highest BCUT2D eigenvalue weighted by molar-refractivity contribution is 5.97. The average Bonchev–Trinajstić information content (AvgIpc) is 3.33. The van der Waals surface area contributed by atoms with Crippen molar-refractivity contribution in [1.29, 1.82) is 0 Å². The van der Waals surface area contributed by atoms with Gasteiger partial charge in [0.2, 0.25) is 0 Å². The monoisotopic (exact) mass is 346 g/mol. The molecule has 0 saturated carbocycles. The van der Waals surface area contributed by atoms with Crippen LogP contribution in [-0.2, 0) is 19.5 Å². The Hall–Kier alpha value is -3.15. The molecule has 0 spiro atoms. The molecule has 1 aliphatic rings. The number of nitrogens with one attached hydrogen (secondary N) is 1. The molecule has 2 heterocycles. The molecule has 132 valence electrons. The van der Waals surface area contributed by atoms with Crippen molar-refractivity contribution < 1.29 is 0 Å². The Morgan fingerprint density at radius 1 is 1.15 bits per heavy atom. The van der Waals surface area contributed by atoms with Crippen LogP contribution in [0.3, 0.4) is 0 Å². The lowest BCUT2D eigenvalue weighted by atomic mass is 10.1. The van der Waals surface area contributed by atoms with E-state index in [0.29, 0.717) is 0 Å². The van der Waals surface area contributed by atoms with E-state index < -0.39 is 0 Å². The van der Waals surface area contributed by atoms with Crippen molar-refractivity contribution in [2.45, 2.75) is 19.5 Å². The molecule has 2 aromatic carbocycles. The number of fused-ring (bicyclic) bond motifs is 1. The number of benzene rings is 2. The van der Waals surface area contributed by atoms with E-state index in [2.05, 4.69) is 73.8 Å². The molecule has 4 rings (SSSR count). The first-order chi connectivity index (χ1) is 12.8. The molecule has 1 N–H and O–H groups in total. The average molecular weight is 346 g/mol. The molecular weight excluding hydrogens is 324 g/mol. The van der Waals surface area contributed by atoms with Crippen LogP contribution < -0.4 is 10.2 Å². The van der Waals surface area contributed by atoms with Crippen LogP contribution >= 0.6 is 0 Å². The van der Waals surface area contributed by atoms with Crippen LogP contribution in [0.15, 0.2) is 66.2 Å². The molecule has 0 fully saturated rings. The molecule has 0 unspecified atom stereocenters. The highest BCUT2D eigenvalue weighted by atomic mass is 15.3. The molecule has 0 aliphatic carbocycles. The zero-order chi connectivity index (χ0) is 17.8. The van der Waals surface area contributed by atoms with Gasteiger partial charge in [-0.1, -0.05) is 42.5 Å². The molecule has 1 aliphatic heterocycles. The van der Waals surface area contributed by atoms with E-state index >= 15 is 0 Å². The van der Waals surface area contributed by atoms with Gasteiger partial charge in [-0.25, -0.2) is 9.67 Å².